The van der Waals surface area contributed by atoms with Gasteiger partial charge in [0.15, 0.2) is 0 Å². The third-order valence-electron chi connectivity index (χ3n) is 2.67. The molecule has 0 aromatic heterocycles. The maximum Gasteiger partial charge on any atom is 0.0436 e. The molecule has 2 heteroatoms. The molecule has 0 spiro atoms. The molecule has 0 saturated carbocycles. The van der Waals surface area contributed by atoms with Gasteiger partial charge in [-0.05, 0) is 37.4 Å². The van der Waals surface area contributed by atoms with Crippen molar-refractivity contribution in [2.75, 3.05) is 19.7 Å². The molecule has 0 heterocycles. The molecule has 2 nitrogen and oxygen atoms in total. The third-order valence-corrected chi connectivity index (χ3v) is 2.67. The van der Waals surface area contributed by atoms with E-state index in [9.17, 15) is 0 Å². The van der Waals surface area contributed by atoms with Crippen molar-refractivity contribution in [2.24, 2.45) is 0 Å². The van der Waals surface area contributed by atoms with Crippen molar-refractivity contribution in [1.82, 2.24) is 5.32 Å². The van der Waals surface area contributed by atoms with Crippen LogP contribution in [0.4, 0.5) is 0 Å². The molecule has 0 bridgehead atoms. The highest BCUT2D eigenvalue weighted by molar-refractivity contribution is 5.19. The summed E-state index contributed by atoms with van der Waals surface area (Å²) >= 11 is 0. The summed E-state index contributed by atoms with van der Waals surface area (Å²) in [5.74, 6) is 0.482. The average molecular weight is 207 g/mol. The van der Waals surface area contributed by atoms with Gasteiger partial charge in [0.05, 0.1) is 0 Å². The minimum absolute atomic E-state index is 0.270. The Morgan fingerprint density at radius 3 is 2.53 bits per heavy atom. The van der Waals surface area contributed by atoms with Gasteiger partial charge in [-0.1, -0.05) is 37.3 Å². The Labute approximate surface area is 92.3 Å². The molecule has 2 N–H and O–H groups in total. The molecule has 0 amide bonds. The molecule has 15 heavy (non-hydrogen) atoms. The lowest BCUT2D eigenvalue weighted by Gasteiger charge is -2.16. The molecule has 84 valence electrons. The van der Waals surface area contributed by atoms with E-state index in [4.69, 9.17) is 5.11 Å². The van der Waals surface area contributed by atoms with Crippen molar-refractivity contribution in [3.8, 4) is 0 Å². The van der Waals surface area contributed by atoms with Gasteiger partial charge in [-0.2, -0.15) is 0 Å². The van der Waals surface area contributed by atoms with Crippen molar-refractivity contribution in [3.05, 3.63) is 35.9 Å². The second-order valence-electron chi connectivity index (χ2n) is 3.76. The zero-order valence-corrected chi connectivity index (χ0v) is 9.45. The van der Waals surface area contributed by atoms with Gasteiger partial charge >= 0.3 is 0 Å². The van der Waals surface area contributed by atoms with Gasteiger partial charge in [-0.25, -0.2) is 0 Å². The average Bonchev–Trinajstić information content (AvgIpc) is 2.29. The number of benzene rings is 1. The molecule has 0 aliphatic heterocycles. The third kappa shape index (κ3) is 4.45. The summed E-state index contributed by atoms with van der Waals surface area (Å²) in [4.78, 5) is 0. The van der Waals surface area contributed by atoms with Gasteiger partial charge < -0.3 is 10.4 Å². The minimum Gasteiger partial charge on any atom is -0.396 e. The van der Waals surface area contributed by atoms with E-state index < -0.39 is 0 Å². The topological polar surface area (TPSA) is 32.3 Å². The monoisotopic (exact) mass is 207 g/mol. The van der Waals surface area contributed by atoms with Crippen LogP contribution in [0.2, 0.25) is 0 Å². The fourth-order valence-corrected chi connectivity index (χ4v) is 1.81. The predicted molar refractivity (Wildman–Crippen MR) is 64.0 cm³/mol. The van der Waals surface area contributed by atoms with Crippen molar-refractivity contribution >= 4 is 0 Å². The first-order chi connectivity index (χ1) is 7.38. The maximum atomic E-state index is 9.03. The van der Waals surface area contributed by atoms with Crippen LogP contribution in [0.3, 0.4) is 0 Å². The number of rotatable bonds is 7. The molecule has 0 aliphatic carbocycles. The molecule has 0 aliphatic rings. The second kappa shape index (κ2) is 7.43. The second-order valence-corrected chi connectivity index (χ2v) is 3.76. The Morgan fingerprint density at radius 1 is 1.20 bits per heavy atom. The zero-order chi connectivity index (χ0) is 10.9. The van der Waals surface area contributed by atoms with Crippen LogP contribution in [0, 0.1) is 0 Å². The summed E-state index contributed by atoms with van der Waals surface area (Å²) in [5, 5.41) is 12.4. The van der Waals surface area contributed by atoms with Crippen LogP contribution >= 0.6 is 0 Å². The number of hydrogen-bond donors (Lipinski definition) is 2. The summed E-state index contributed by atoms with van der Waals surface area (Å²) in [6.45, 7) is 4.42. The molecular formula is C13H21NO. The highest BCUT2D eigenvalue weighted by Gasteiger charge is 2.09. The lowest BCUT2D eigenvalue weighted by atomic mass is 9.93. The highest BCUT2D eigenvalue weighted by atomic mass is 16.3. The van der Waals surface area contributed by atoms with Gasteiger partial charge in [0.2, 0.25) is 0 Å². The first kappa shape index (κ1) is 12.2. The fraction of sp³-hybridized carbons (Fsp3) is 0.538. The van der Waals surface area contributed by atoms with Crippen molar-refractivity contribution in [2.45, 2.75) is 25.7 Å². The van der Waals surface area contributed by atoms with Gasteiger partial charge in [0, 0.05) is 6.61 Å². The first-order valence-electron chi connectivity index (χ1n) is 5.75. The van der Waals surface area contributed by atoms with E-state index in [1.807, 2.05) is 6.07 Å². The standard InChI is InChI=1S/C13H21NO/c1-2-14-10-8-13(9-11-15)12-6-4-3-5-7-12/h3-7,13-15H,2,8-11H2,1H3/t13-/m0/s1. The maximum absolute atomic E-state index is 9.03. The van der Waals surface area contributed by atoms with E-state index in [2.05, 4.69) is 36.5 Å². The van der Waals surface area contributed by atoms with Crippen LogP contribution in [0.15, 0.2) is 30.3 Å². The van der Waals surface area contributed by atoms with E-state index in [1.165, 1.54) is 5.56 Å². The Hall–Kier alpha value is -0.860. The van der Waals surface area contributed by atoms with Crippen LogP contribution in [0.1, 0.15) is 31.2 Å². The van der Waals surface area contributed by atoms with Crippen LogP contribution in [-0.4, -0.2) is 24.8 Å². The van der Waals surface area contributed by atoms with Gasteiger partial charge in [0.1, 0.15) is 0 Å². The Morgan fingerprint density at radius 2 is 1.93 bits per heavy atom. The molecule has 1 aromatic carbocycles. The summed E-state index contributed by atoms with van der Waals surface area (Å²) in [6.07, 6.45) is 1.95. The molecule has 1 aromatic rings. The van der Waals surface area contributed by atoms with Crippen molar-refractivity contribution < 1.29 is 5.11 Å². The number of nitrogens with one attached hydrogen (secondary N) is 1. The summed E-state index contributed by atoms with van der Waals surface area (Å²) in [7, 11) is 0. The smallest absolute Gasteiger partial charge is 0.0436 e. The van der Waals surface area contributed by atoms with E-state index in [0.29, 0.717) is 5.92 Å². The highest BCUT2D eigenvalue weighted by Crippen LogP contribution is 2.22. The first-order valence-corrected chi connectivity index (χ1v) is 5.75. The summed E-state index contributed by atoms with van der Waals surface area (Å²) in [6, 6.07) is 10.4. The molecule has 0 saturated heterocycles. The number of hydrogen-bond acceptors (Lipinski definition) is 2. The van der Waals surface area contributed by atoms with E-state index >= 15 is 0 Å². The van der Waals surface area contributed by atoms with Crippen LogP contribution < -0.4 is 5.32 Å². The molecule has 1 atom stereocenters. The van der Waals surface area contributed by atoms with E-state index in [1.54, 1.807) is 0 Å². The molecule has 0 radical (unpaired) electrons. The van der Waals surface area contributed by atoms with Crippen molar-refractivity contribution in [3.63, 3.8) is 0 Å². The van der Waals surface area contributed by atoms with Crippen LogP contribution in [-0.2, 0) is 0 Å². The van der Waals surface area contributed by atoms with Gasteiger partial charge in [0.25, 0.3) is 0 Å². The van der Waals surface area contributed by atoms with E-state index in [-0.39, 0.29) is 6.61 Å². The summed E-state index contributed by atoms with van der Waals surface area (Å²) < 4.78 is 0. The SMILES string of the molecule is CCNCC[C@@H](CCO)c1ccccc1. The summed E-state index contributed by atoms with van der Waals surface area (Å²) in [5.41, 5.74) is 1.34. The molecule has 0 fully saturated rings. The van der Waals surface area contributed by atoms with Crippen LogP contribution in [0.5, 0.6) is 0 Å². The predicted octanol–water partition coefficient (Wildman–Crippen LogP) is 2.15. The minimum atomic E-state index is 0.270. The van der Waals surface area contributed by atoms with Crippen LogP contribution in [0.25, 0.3) is 0 Å². The Balaban J connectivity index is 2.50. The lowest BCUT2D eigenvalue weighted by Crippen LogP contribution is -2.17. The Kier molecular flexibility index (Phi) is 6.05. The largest absolute Gasteiger partial charge is 0.396 e. The quantitative estimate of drug-likeness (QED) is 0.671. The van der Waals surface area contributed by atoms with E-state index in [0.717, 1.165) is 25.9 Å². The number of aliphatic hydroxyl groups is 1. The lowest BCUT2D eigenvalue weighted by molar-refractivity contribution is 0.272. The molecule has 0 unspecified atom stereocenters. The normalized spacial score (nSPS) is 12.7. The van der Waals surface area contributed by atoms with Crippen molar-refractivity contribution in [1.29, 1.82) is 0 Å². The number of aliphatic hydroxyl groups excluding tert-OH is 1. The molecule has 1 rings (SSSR count). The van der Waals surface area contributed by atoms with Gasteiger partial charge in [-0.3, -0.25) is 0 Å². The zero-order valence-electron chi connectivity index (χ0n) is 9.45. The van der Waals surface area contributed by atoms with Gasteiger partial charge in [-0.15, -0.1) is 0 Å². The molecular weight excluding hydrogens is 186 g/mol. The Bertz CT molecular complexity index is 248. The fourth-order valence-electron chi connectivity index (χ4n) is 1.81.